The number of hydrogen-bond acceptors (Lipinski definition) is 3. The van der Waals surface area contributed by atoms with Crippen LogP contribution in [0.4, 0.5) is 14.5 Å². The first-order valence-electron chi connectivity index (χ1n) is 7.47. The van der Waals surface area contributed by atoms with E-state index in [1.807, 2.05) is 6.07 Å². The molecule has 24 heavy (non-hydrogen) atoms. The largest absolute Gasteiger partial charge is 0.352 e. The Kier molecular flexibility index (Phi) is 4.50. The number of nitrogens with zero attached hydrogens (tertiary/aromatic N) is 1. The van der Waals surface area contributed by atoms with Gasteiger partial charge in [0.1, 0.15) is 0 Å². The standard InChI is InChI=1S/C17H15F2N3O2/c18-14-4-3-11(6-15(14)19)22-17(24)13-7-12(13)16(23)21-9-10-2-1-5-20-8-10/h1-6,8,12-13H,7,9H2,(H,21,23)(H,22,24). The zero-order valence-corrected chi connectivity index (χ0v) is 12.6. The predicted octanol–water partition coefficient (Wildman–Crippen LogP) is 2.25. The first-order valence-corrected chi connectivity index (χ1v) is 7.47. The maximum atomic E-state index is 13.1. The fraction of sp³-hybridized carbons (Fsp3) is 0.235. The van der Waals surface area contributed by atoms with Gasteiger partial charge in [0.05, 0.1) is 11.8 Å². The van der Waals surface area contributed by atoms with Crippen LogP contribution in [0.1, 0.15) is 12.0 Å². The maximum Gasteiger partial charge on any atom is 0.228 e. The highest BCUT2D eigenvalue weighted by Gasteiger charge is 2.47. The maximum absolute atomic E-state index is 13.1. The van der Waals surface area contributed by atoms with E-state index in [1.165, 1.54) is 6.07 Å². The molecule has 0 spiro atoms. The number of amides is 2. The molecule has 2 N–H and O–H groups in total. The van der Waals surface area contributed by atoms with Crippen LogP contribution in [0.25, 0.3) is 0 Å². The molecular weight excluding hydrogens is 316 g/mol. The highest BCUT2D eigenvalue weighted by atomic mass is 19.2. The zero-order valence-electron chi connectivity index (χ0n) is 12.6. The van der Waals surface area contributed by atoms with Crippen molar-refractivity contribution in [3.05, 3.63) is 59.9 Å². The summed E-state index contributed by atoms with van der Waals surface area (Å²) in [6.45, 7) is 0.348. The van der Waals surface area contributed by atoms with Gasteiger partial charge < -0.3 is 10.6 Å². The average molecular weight is 331 g/mol. The van der Waals surface area contributed by atoms with Crippen LogP contribution < -0.4 is 10.6 Å². The molecule has 124 valence electrons. The fourth-order valence-electron chi connectivity index (χ4n) is 2.41. The van der Waals surface area contributed by atoms with Gasteiger partial charge >= 0.3 is 0 Å². The van der Waals surface area contributed by atoms with Crippen molar-refractivity contribution in [1.82, 2.24) is 10.3 Å². The molecule has 2 unspecified atom stereocenters. The van der Waals surface area contributed by atoms with E-state index < -0.39 is 23.5 Å². The second-order valence-corrected chi connectivity index (χ2v) is 5.65. The molecule has 0 saturated heterocycles. The average Bonchev–Trinajstić information content (AvgIpc) is 3.38. The smallest absolute Gasteiger partial charge is 0.228 e. The Balaban J connectivity index is 1.49. The molecule has 1 aliphatic carbocycles. The molecular formula is C17H15F2N3O2. The third kappa shape index (κ3) is 3.73. The summed E-state index contributed by atoms with van der Waals surface area (Å²) < 4.78 is 26.0. The number of carbonyl (C=O) groups is 2. The minimum Gasteiger partial charge on any atom is -0.352 e. The third-order valence-corrected chi connectivity index (χ3v) is 3.84. The molecule has 1 fully saturated rings. The van der Waals surface area contributed by atoms with Crippen LogP contribution in [0.5, 0.6) is 0 Å². The molecule has 1 saturated carbocycles. The van der Waals surface area contributed by atoms with E-state index in [1.54, 1.807) is 18.5 Å². The summed E-state index contributed by atoms with van der Waals surface area (Å²) >= 11 is 0. The van der Waals surface area contributed by atoms with Crippen LogP contribution >= 0.6 is 0 Å². The Morgan fingerprint density at radius 2 is 1.92 bits per heavy atom. The van der Waals surface area contributed by atoms with Gasteiger partial charge in [-0.15, -0.1) is 0 Å². The molecule has 2 aromatic rings. The number of nitrogens with one attached hydrogen (secondary N) is 2. The Morgan fingerprint density at radius 3 is 2.62 bits per heavy atom. The molecule has 0 bridgehead atoms. The van der Waals surface area contributed by atoms with Gasteiger partial charge in [-0.3, -0.25) is 14.6 Å². The van der Waals surface area contributed by atoms with Crippen LogP contribution in [0.2, 0.25) is 0 Å². The van der Waals surface area contributed by atoms with Gasteiger partial charge in [0.15, 0.2) is 11.6 Å². The number of benzene rings is 1. The number of aromatic nitrogens is 1. The van der Waals surface area contributed by atoms with Crippen molar-refractivity contribution in [2.45, 2.75) is 13.0 Å². The number of halogens is 2. The van der Waals surface area contributed by atoms with E-state index in [0.717, 1.165) is 17.7 Å². The Hall–Kier alpha value is -2.83. The van der Waals surface area contributed by atoms with Gasteiger partial charge in [0.2, 0.25) is 11.8 Å². The summed E-state index contributed by atoms with van der Waals surface area (Å²) in [5.41, 5.74) is 1.04. The van der Waals surface area contributed by atoms with Crippen LogP contribution in [0.3, 0.4) is 0 Å². The summed E-state index contributed by atoms with van der Waals surface area (Å²) in [7, 11) is 0. The zero-order chi connectivity index (χ0) is 17.1. The Morgan fingerprint density at radius 1 is 1.12 bits per heavy atom. The van der Waals surface area contributed by atoms with Crippen molar-refractivity contribution in [1.29, 1.82) is 0 Å². The molecule has 5 nitrogen and oxygen atoms in total. The van der Waals surface area contributed by atoms with Gasteiger partial charge in [-0.25, -0.2) is 8.78 Å². The number of pyridine rings is 1. The molecule has 1 aliphatic rings. The minimum absolute atomic E-state index is 0.167. The van der Waals surface area contributed by atoms with Crippen molar-refractivity contribution in [3.63, 3.8) is 0 Å². The van der Waals surface area contributed by atoms with Gasteiger partial charge in [-0.05, 0) is 30.2 Å². The topological polar surface area (TPSA) is 71.1 Å². The Bertz CT molecular complexity index is 768. The van der Waals surface area contributed by atoms with Crippen LogP contribution in [0.15, 0.2) is 42.7 Å². The lowest BCUT2D eigenvalue weighted by molar-refractivity contribution is -0.125. The summed E-state index contributed by atoms with van der Waals surface area (Å²) in [4.78, 5) is 28.0. The van der Waals surface area contributed by atoms with Crippen molar-refractivity contribution in [2.75, 3.05) is 5.32 Å². The van der Waals surface area contributed by atoms with Crippen molar-refractivity contribution in [2.24, 2.45) is 11.8 Å². The number of rotatable bonds is 5. The van der Waals surface area contributed by atoms with Gasteiger partial charge in [0.25, 0.3) is 0 Å². The normalized spacial score (nSPS) is 18.8. The van der Waals surface area contributed by atoms with E-state index in [0.29, 0.717) is 13.0 Å². The molecule has 2 atom stereocenters. The van der Waals surface area contributed by atoms with Crippen LogP contribution in [-0.4, -0.2) is 16.8 Å². The van der Waals surface area contributed by atoms with Crippen LogP contribution in [0, 0.1) is 23.5 Å². The quantitative estimate of drug-likeness (QED) is 0.883. The second-order valence-electron chi connectivity index (χ2n) is 5.65. The highest BCUT2D eigenvalue weighted by Crippen LogP contribution is 2.39. The van der Waals surface area contributed by atoms with Gasteiger partial charge in [-0.1, -0.05) is 6.07 Å². The molecule has 0 aliphatic heterocycles. The van der Waals surface area contributed by atoms with Gasteiger partial charge in [-0.2, -0.15) is 0 Å². The fourth-order valence-corrected chi connectivity index (χ4v) is 2.41. The summed E-state index contributed by atoms with van der Waals surface area (Å²) in [6, 6.07) is 6.74. The highest BCUT2D eigenvalue weighted by molar-refractivity contribution is 5.99. The van der Waals surface area contributed by atoms with Crippen LogP contribution in [-0.2, 0) is 16.1 Å². The summed E-state index contributed by atoms with van der Waals surface area (Å²) in [5, 5.41) is 5.25. The molecule has 1 aromatic heterocycles. The monoisotopic (exact) mass is 331 g/mol. The Labute approximate surface area is 137 Å². The lowest BCUT2D eigenvalue weighted by atomic mass is 10.2. The summed E-state index contributed by atoms with van der Waals surface area (Å²) in [5.74, 6) is -3.44. The van der Waals surface area contributed by atoms with Crippen molar-refractivity contribution >= 4 is 17.5 Å². The minimum atomic E-state index is -1.03. The molecule has 1 aromatic carbocycles. The number of anilines is 1. The SMILES string of the molecule is O=C(NCc1cccnc1)C1CC1C(=O)Nc1ccc(F)c(F)c1. The first-order chi connectivity index (χ1) is 11.5. The van der Waals surface area contributed by atoms with Crippen molar-refractivity contribution in [3.8, 4) is 0 Å². The van der Waals surface area contributed by atoms with E-state index >= 15 is 0 Å². The number of carbonyl (C=O) groups excluding carboxylic acids is 2. The molecule has 7 heteroatoms. The first kappa shape index (κ1) is 16.0. The van der Waals surface area contributed by atoms with Crippen molar-refractivity contribution < 1.29 is 18.4 Å². The molecule has 1 heterocycles. The van der Waals surface area contributed by atoms with E-state index in [4.69, 9.17) is 0 Å². The van der Waals surface area contributed by atoms with E-state index in [9.17, 15) is 18.4 Å². The predicted molar refractivity (Wildman–Crippen MR) is 82.7 cm³/mol. The molecule has 0 radical (unpaired) electrons. The van der Waals surface area contributed by atoms with E-state index in [2.05, 4.69) is 15.6 Å². The summed E-state index contributed by atoms with van der Waals surface area (Å²) in [6.07, 6.45) is 3.74. The van der Waals surface area contributed by atoms with Gasteiger partial charge in [0, 0.05) is 30.7 Å². The lowest BCUT2D eigenvalue weighted by Gasteiger charge is -2.06. The molecule has 2 amide bonds. The van der Waals surface area contributed by atoms with E-state index in [-0.39, 0.29) is 17.5 Å². The molecule has 3 rings (SSSR count). The number of hydrogen-bond donors (Lipinski definition) is 2. The second kappa shape index (κ2) is 6.74. The third-order valence-electron chi connectivity index (χ3n) is 3.84. The lowest BCUT2D eigenvalue weighted by Crippen LogP contribution is -2.27.